The summed E-state index contributed by atoms with van der Waals surface area (Å²) in [5, 5.41) is 22.1. The van der Waals surface area contributed by atoms with Crippen molar-refractivity contribution in [1.82, 2.24) is 20.5 Å². The third-order valence-corrected chi connectivity index (χ3v) is 4.54. The number of amides is 2. The van der Waals surface area contributed by atoms with Gasteiger partial charge in [0.1, 0.15) is 6.61 Å². The van der Waals surface area contributed by atoms with Crippen LogP contribution in [0, 0.1) is 0 Å². The van der Waals surface area contributed by atoms with Crippen LogP contribution in [0.2, 0.25) is 10.0 Å². The molecule has 3 aromatic rings. The Labute approximate surface area is 157 Å². The molecule has 0 saturated carbocycles. The molecule has 8 nitrogen and oxygen atoms in total. The second-order valence-electron chi connectivity index (χ2n) is 5.55. The number of hydrogen-bond acceptors (Lipinski definition) is 4. The van der Waals surface area contributed by atoms with Crippen molar-refractivity contribution in [2.24, 2.45) is 0 Å². The third kappa shape index (κ3) is 3.39. The van der Waals surface area contributed by atoms with Crippen molar-refractivity contribution in [2.45, 2.75) is 13.5 Å². The molecule has 26 heavy (non-hydrogen) atoms. The monoisotopic (exact) mass is 395 g/mol. The maximum atomic E-state index is 11.6. The van der Waals surface area contributed by atoms with Crippen LogP contribution in [0.3, 0.4) is 0 Å². The number of aromatic amines is 2. The Morgan fingerprint density at radius 2 is 2.12 bits per heavy atom. The van der Waals surface area contributed by atoms with E-state index in [2.05, 4.69) is 25.8 Å². The fraction of sp³-hybridized carbons (Fsp3) is 0.188. The SMILES string of the molecule is CC(=O)Nc1cc(Cl)c(Cl)c2[nH]c(CNC(=O)CO)c(-c3cn[nH]c3)c12. The van der Waals surface area contributed by atoms with Gasteiger partial charge in [-0.25, -0.2) is 0 Å². The molecule has 0 aliphatic rings. The number of aliphatic hydroxyl groups is 1. The van der Waals surface area contributed by atoms with Gasteiger partial charge in [0, 0.05) is 35.3 Å². The van der Waals surface area contributed by atoms with E-state index < -0.39 is 12.5 Å². The maximum absolute atomic E-state index is 11.6. The van der Waals surface area contributed by atoms with E-state index in [9.17, 15) is 9.59 Å². The molecule has 3 rings (SSSR count). The molecule has 2 aromatic heterocycles. The molecule has 0 atom stereocenters. The van der Waals surface area contributed by atoms with Gasteiger partial charge in [-0.3, -0.25) is 14.7 Å². The van der Waals surface area contributed by atoms with Gasteiger partial charge in [0.05, 0.1) is 34.0 Å². The van der Waals surface area contributed by atoms with Crippen LogP contribution in [0.25, 0.3) is 22.0 Å². The number of carbonyl (C=O) groups is 2. The predicted molar refractivity (Wildman–Crippen MR) is 99.1 cm³/mol. The van der Waals surface area contributed by atoms with Crippen molar-refractivity contribution < 1.29 is 14.7 Å². The first-order chi connectivity index (χ1) is 12.4. The molecule has 0 fully saturated rings. The van der Waals surface area contributed by atoms with Crippen LogP contribution in [0.5, 0.6) is 0 Å². The highest BCUT2D eigenvalue weighted by atomic mass is 35.5. The Morgan fingerprint density at radius 1 is 1.35 bits per heavy atom. The van der Waals surface area contributed by atoms with Gasteiger partial charge in [0.25, 0.3) is 0 Å². The van der Waals surface area contributed by atoms with Gasteiger partial charge in [-0.15, -0.1) is 0 Å². The van der Waals surface area contributed by atoms with Gasteiger partial charge >= 0.3 is 0 Å². The molecule has 5 N–H and O–H groups in total. The summed E-state index contributed by atoms with van der Waals surface area (Å²) in [6.07, 6.45) is 3.29. The molecule has 2 heterocycles. The van der Waals surface area contributed by atoms with Crippen molar-refractivity contribution in [3.05, 3.63) is 34.2 Å². The second-order valence-corrected chi connectivity index (χ2v) is 6.34. The Hall–Kier alpha value is -2.55. The fourth-order valence-electron chi connectivity index (χ4n) is 2.74. The van der Waals surface area contributed by atoms with Crippen molar-refractivity contribution in [3.8, 4) is 11.1 Å². The summed E-state index contributed by atoms with van der Waals surface area (Å²) in [6, 6.07) is 1.57. The van der Waals surface area contributed by atoms with Gasteiger partial charge in [-0.05, 0) is 6.07 Å². The number of anilines is 1. The van der Waals surface area contributed by atoms with Crippen LogP contribution in [0.1, 0.15) is 12.6 Å². The van der Waals surface area contributed by atoms with Gasteiger partial charge in [-0.2, -0.15) is 5.10 Å². The molecule has 0 unspecified atom stereocenters. The average Bonchev–Trinajstić information content (AvgIpc) is 3.24. The first-order valence-corrected chi connectivity index (χ1v) is 8.34. The van der Waals surface area contributed by atoms with Crippen LogP contribution in [-0.4, -0.2) is 38.7 Å². The largest absolute Gasteiger partial charge is 0.387 e. The number of nitrogens with zero attached hydrogens (tertiary/aromatic N) is 1. The van der Waals surface area contributed by atoms with E-state index in [4.69, 9.17) is 28.3 Å². The summed E-state index contributed by atoms with van der Waals surface area (Å²) >= 11 is 12.5. The lowest BCUT2D eigenvalue weighted by Crippen LogP contribution is -2.25. The number of rotatable bonds is 5. The highest BCUT2D eigenvalue weighted by Crippen LogP contribution is 2.43. The van der Waals surface area contributed by atoms with Crippen LogP contribution in [-0.2, 0) is 16.1 Å². The lowest BCUT2D eigenvalue weighted by molar-refractivity contribution is -0.124. The van der Waals surface area contributed by atoms with Gasteiger partial charge in [0.2, 0.25) is 11.8 Å². The number of hydrogen-bond donors (Lipinski definition) is 5. The molecule has 0 spiro atoms. The zero-order valence-electron chi connectivity index (χ0n) is 13.6. The zero-order chi connectivity index (χ0) is 18.8. The summed E-state index contributed by atoms with van der Waals surface area (Å²) in [4.78, 5) is 26.2. The molecule has 10 heteroatoms. The van der Waals surface area contributed by atoms with Gasteiger partial charge < -0.3 is 20.7 Å². The molecule has 0 aliphatic carbocycles. The average molecular weight is 396 g/mol. The Morgan fingerprint density at radius 3 is 2.73 bits per heavy atom. The molecule has 2 amide bonds. The molecule has 0 saturated heterocycles. The number of benzene rings is 1. The number of fused-ring (bicyclic) bond motifs is 1. The Balaban J connectivity index is 2.26. The minimum absolute atomic E-state index is 0.113. The predicted octanol–water partition coefficient (Wildman–Crippen LogP) is 2.43. The third-order valence-electron chi connectivity index (χ3n) is 3.75. The standard InChI is InChI=1S/C16H15Cl2N5O3/c1-7(25)22-10-2-9(17)15(18)16-14(10)13(8-3-20-21-4-8)11(23-16)5-19-12(26)6-24/h2-4,23-24H,5-6H2,1H3,(H,19,26)(H,20,21)(H,22,25). The van der Waals surface area contributed by atoms with Crippen molar-refractivity contribution in [1.29, 1.82) is 0 Å². The minimum Gasteiger partial charge on any atom is -0.387 e. The van der Waals surface area contributed by atoms with E-state index >= 15 is 0 Å². The van der Waals surface area contributed by atoms with E-state index in [1.165, 1.54) is 6.92 Å². The molecule has 136 valence electrons. The molecule has 0 bridgehead atoms. The van der Waals surface area contributed by atoms with Crippen molar-refractivity contribution in [3.63, 3.8) is 0 Å². The van der Waals surface area contributed by atoms with Crippen LogP contribution < -0.4 is 10.6 Å². The molecule has 0 radical (unpaired) electrons. The van der Waals surface area contributed by atoms with Gasteiger partial charge in [-0.1, -0.05) is 23.2 Å². The van der Waals surface area contributed by atoms with Gasteiger partial charge in [0.15, 0.2) is 0 Å². The number of halogens is 2. The molecule has 1 aromatic carbocycles. The number of aromatic nitrogens is 3. The molecular weight excluding hydrogens is 381 g/mol. The van der Waals surface area contributed by atoms with Crippen LogP contribution in [0.4, 0.5) is 5.69 Å². The zero-order valence-corrected chi connectivity index (χ0v) is 15.1. The summed E-state index contributed by atoms with van der Waals surface area (Å²) in [5.74, 6) is -0.785. The number of aliphatic hydroxyl groups excluding tert-OH is 1. The summed E-state index contributed by atoms with van der Waals surface area (Å²) in [5.41, 5.74) is 3.06. The topological polar surface area (TPSA) is 123 Å². The lowest BCUT2D eigenvalue weighted by atomic mass is 10.0. The highest BCUT2D eigenvalue weighted by molar-refractivity contribution is 6.46. The number of H-pyrrole nitrogens is 2. The second kappa shape index (κ2) is 7.36. The summed E-state index contributed by atoms with van der Waals surface area (Å²) in [6.45, 7) is 0.883. The number of nitrogens with one attached hydrogen (secondary N) is 4. The smallest absolute Gasteiger partial charge is 0.246 e. The maximum Gasteiger partial charge on any atom is 0.246 e. The Bertz CT molecular complexity index is 982. The van der Waals surface area contributed by atoms with Crippen LogP contribution >= 0.6 is 23.2 Å². The van der Waals surface area contributed by atoms with Crippen molar-refractivity contribution >= 4 is 51.6 Å². The first kappa shape index (κ1) is 18.2. The van der Waals surface area contributed by atoms with E-state index in [-0.39, 0.29) is 17.5 Å². The Kier molecular flexibility index (Phi) is 5.17. The minimum atomic E-state index is -0.620. The molecular formula is C16H15Cl2N5O3. The van der Waals surface area contributed by atoms with E-state index in [1.807, 2.05) is 0 Å². The first-order valence-electron chi connectivity index (χ1n) is 7.59. The quantitative estimate of drug-likeness (QED) is 0.455. The summed E-state index contributed by atoms with van der Waals surface area (Å²) in [7, 11) is 0. The summed E-state index contributed by atoms with van der Waals surface area (Å²) < 4.78 is 0. The van der Waals surface area contributed by atoms with E-state index in [1.54, 1.807) is 18.5 Å². The van der Waals surface area contributed by atoms with E-state index in [0.717, 1.165) is 5.56 Å². The number of carbonyl (C=O) groups excluding carboxylic acids is 2. The lowest BCUT2D eigenvalue weighted by Gasteiger charge is -2.09. The van der Waals surface area contributed by atoms with Crippen molar-refractivity contribution in [2.75, 3.05) is 11.9 Å². The molecule has 0 aliphatic heterocycles. The highest BCUT2D eigenvalue weighted by Gasteiger charge is 2.21. The van der Waals surface area contributed by atoms with Crippen LogP contribution in [0.15, 0.2) is 18.5 Å². The van der Waals surface area contributed by atoms with E-state index in [0.29, 0.717) is 32.9 Å². The normalized spacial score (nSPS) is 10.9. The fourth-order valence-corrected chi connectivity index (χ4v) is 3.14.